The van der Waals surface area contributed by atoms with E-state index in [1.54, 1.807) is 0 Å². The SMILES string of the molecule is CCC(=N)SC1=NC(CCl)=CC(=O)[C@@H]1CC. The van der Waals surface area contributed by atoms with Crippen LogP contribution in [0.4, 0.5) is 0 Å². The predicted octanol–water partition coefficient (Wildman–Crippen LogP) is 3.24. The summed E-state index contributed by atoms with van der Waals surface area (Å²) in [4.78, 5) is 16.1. The number of alkyl halides is 1. The Morgan fingerprint density at radius 3 is 2.81 bits per heavy atom. The van der Waals surface area contributed by atoms with Gasteiger partial charge in [0.15, 0.2) is 5.78 Å². The molecule has 1 aliphatic rings. The zero-order valence-corrected chi connectivity index (χ0v) is 11.0. The highest BCUT2D eigenvalue weighted by Gasteiger charge is 2.26. The highest BCUT2D eigenvalue weighted by Crippen LogP contribution is 2.26. The number of halogens is 1. The van der Waals surface area contributed by atoms with E-state index < -0.39 is 0 Å². The maximum atomic E-state index is 11.8. The molecular formula is C11H15ClN2OS. The molecule has 1 rings (SSSR count). The molecule has 16 heavy (non-hydrogen) atoms. The van der Waals surface area contributed by atoms with Gasteiger partial charge in [-0.15, -0.1) is 11.6 Å². The minimum absolute atomic E-state index is 0.0551. The minimum Gasteiger partial charge on any atom is -0.298 e. The van der Waals surface area contributed by atoms with E-state index in [9.17, 15) is 4.79 Å². The molecule has 1 N–H and O–H groups in total. The lowest BCUT2D eigenvalue weighted by Crippen LogP contribution is -2.24. The monoisotopic (exact) mass is 258 g/mol. The van der Waals surface area contributed by atoms with Crippen LogP contribution in [0, 0.1) is 11.3 Å². The van der Waals surface area contributed by atoms with Crippen LogP contribution in [0.15, 0.2) is 16.8 Å². The number of thioether (sulfide) groups is 1. The Morgan fingerprint density at radius 2 is 2.31 bits per heavy atom. The molecule has 0 amide bonds. The fourth-order valence-corrected chi connectivity index (χ4v) is 2.50. The van der Waals surface area contributed by atoms with Gasteiger partial charge >= 0.3 is 0 Å². The summed E-state index contributed by atoms with van der Waals surface area (Å²) in [7, 11) is 0. The van der Waals surface area contributed by atoms with Gasteiger partial charge in [-0.1, -0.05) is 25.6 Å². The fourth-order valence-electron chi connectivity index (χ4n) is 1.37. The number of nitrogens with one attached hydrogen (secondary N) is 1. The van der Waals surface area contributed by atoms with Crippen LogP contribution in [0.3, 0.4) is 0 Å². The molecule has 0 unspecified atom stereocenters. The molecule has 0 bridgehead atoms. The fraction of sp³-hybridized carbons (Fsp3) is 0.545. The minimum atomic E-state index is -0.191. The van der Waals surface area contributed by atoms with Crippen LogP contribution < -0.4 is 0 Å². The van der Waals surface area contributed by atoms with Gasteiger partial charge in [0.25, 0.3) is 0 Å². The van der Waals surface area contributed by atoms with Gasteiger partial charge in [0, 0.05) is 6.08 Å². The van der Waals surface area contributed by atoms with Crippen molar-refractivity contribution in [1.29, 1.82) is 5.41 Å². The topological polar surface area (TPSA) is 53.3 Å². The molecular weight excluding hydrogens is 244 g/mol. The summed E-state index contributed by atoms with van der Waals surface area (Å²) in [5.41, 5.74) is 0.600. The Kier molecular flexibility index (Phi) is 5.22. The van der Waals surface area contributed by atoms with Crippen LogP contribution in [0.1, 0.15) is 26.7 Å². The second kappa shape index (κ2) is 6.21. The Bertz CT molecular complexity index is 363. The van der Waals surface area contributed by atoms with Crippen molar-refractivity contribution < 1.29 is 4.79 Å². The Hall–Kier alpha value is -0.610. The predicted molar refractivity (Wildman–Crippen MR) is 70.6 cm³/mol. The summed E-state index contributed by atoms with van der Waals surface area (Å²) in [6.07, 6.45) is 2.89. The van der Waals surface area contributed by atoms with Crippen LogP contribution in [-0.2, 0) is 4.79 Å². The molecule has 0 saturated heterocycles. The van der Waals surface area contributed by atoms with Crippen molar-refractivity contribution in [2.75, 3.05) is 5.88 Å². The van der Waals surface area contributed by atoms with Crippen molar-refractivity contribution in [2.45, 2.75) is 26.7 Å². The first-order valence-corrected chi connectivity index (χ1v) is 6.61. The summed E-state index contributed by atoms with van der Waals surface area (Å²) in [5.74, 6) is 0.106. The zero-order chi connectivity index (χ0) is 12.1. The largest absolute Gasteiger partial charge is 0.298 e. The molecule has 0 saturated carbocycles. The first-order valence-electron chi connectivity index (χ1n) is 5.26. The Morgan fingerprint density at radius 1 is 1.62 bits per heavy atom. The van der Waals surface area contributed by atoms with E-state index >= 15 is 0 Å². The van der Waals surface area contributed by atoms with Gasteiger partial charge in [-0.05, 0) is 12.8 Å². The molecule has 5 heteroatoms. The number of rotatable bonds is 3. The summed E-state index contributed by atoms with van der Waals surface area (Å²) in [5, 5.41) is 8.89. The molecule has 0 fully saturated rings. The molecule has 88 valence electrons. The normalized spacial score (nSPS) is 20.4. The first-order chi connectivity index (χ1) is 7.62. The van der Waals surface area contributed by atoms with Gasteiger partial charge in [0.1, 0.15) is 0 Å². The van der Waals surface area contributed by atoms with E-state index in [4.69, 9.17) is 17.0 Å². The number of nitrogens with zero attached hydrogens (tertiary/aromatic N) is 1. The lowest BCUT2D eigenvalue weighted by molar-refractivity contribution is -0.116. The number of carbonyl (C=O) groups excluding carboxylic acids is 1. The summed E-state index contributed by atoms with van der Waals surface area (Å²) in [6, 6.07) is 0. The number of carbonyl (C=O) groups is 1. The smallest absolute Gasteiger partial charge is 0.167 e. The second-order valence-electron chi connectivity index (χ2n) is 3.46. The van der Waals surface area contributed by atoms with Crippen molar-refractivity contribution in [3.8, 4) is 0 Å². The molecule has 3 nitrogen and oxygen atoms in total. The highest BCUT2D eigenvalue weighted by atomic mass is 35.5. The third-order valence-electron chi connectivity index (χ3n) is 2.30. The zero-order valence-electron chi connectivity index (χ0n) is 9.42. The van der Waals surface area contributed by atoms with E-state index in [0.717, 1.165) is 5.04 Å². The van der Waals surface area contributed by atoms with Gasteiger partial charge in [-0.3, -0.25) is 10.2 Å². The van der Waals surface area contributed by atoms with Crippen LogP contribution in [0.2, 0.25) is 0 Å². The third-order valence-corrected chi connectivity index (χ3v) is 3.69. The highest BCUT2D eigenvalue weighted by molar-refractivity contribution is 8.26. The average Bonchev–Trinajstić information content (AvgIpc) is 2.28. The molecule has 0 aromatic carbocycles. The third kappa shape index (κ3) is 3.19. The van der Waals surface area contributed by atoms with Crippen LogP contribution in [0.25, 0.3) is 0 Å². The van der Waals surface area contributed by atoms with Gasteiger partial charge in [0.05, 0.1) is 27.6 Å². The number of aliphatic imine (C=N–C) groups is 1. The van der Waals surface area contributed by atoms with Crippen molar-refractivity contribution in [3.63, 3.8) is 0 Å². The standard InChI is InChI=1S/C11H15ClN2OS/c1-3-8-9(15)5-7(6-12)14-11(8)16-10(13)4-2/h5,8,13H,3-4,6H2,1-2H3/t8-/m0/s1. The van der Waals surface area contributed by atoms with E-state index in [-0.39, 0.29) is 17.6 Å². The van der Waals surface area contributed by atoms with E-state index in [1.807, 2.05) is 13.8 Å². The maximum Gasteiger partial charge on any atom is 0.167 e. The van der Waals surface area contributed by atoms with Crippen molar-refractivity contribution in [1.82, 2.24) is 0 Å². The second-order valence-corrected chi connectivity index (χ2v) is 4.84. The van der Waals surface area contributed by atoms with Crippen molar-refractivity contribution in [3.05, 3.63) is 11.8 Å². The van der Waals surface area contributed by atoms with E-state index in [1.165, 1.54) is 17.8 Å². The number of hydrogen-bond donors (Lipinski definition) is 1. The lowest BCUT2D eigenvalue weighted by Gasteiger charge is -2.19. The molecule has 1 heterocycles. The molecule has 0 aromatic heterocycles. The molecule has 0 aromatic rings. The molecule has 0 radical (unpaired) electrons. The van der Waals surface area contributed by atoms with Gasteiger partial charge in [-0.25, -0.2) is 4.99 Å². The van der Waals surface area contributed by atoms with Crippen LogP contribution >= 0.6 is 23.4 Å². The number of hydrogen-bond acceptors (Lipinski definition) is 4. The first kappa shape index (κ1) is 13.5. The summed E-state index contributed by atoms with van der Waals surface area (Å²) in [6.45, 7) is 3.87. The number of allylic oxidation sites excluding steroid dienone is 2. The molecule has 1 atom stereocenters. The Labute approximate surface area is 105 Å². The quantitative estimate of drug-likeness (QED) is 0.480. The van der Waals surface area contributed by atoms with E-state index in [2.05, 4.69) is 4.99 Å². The van der Waals surface area contributed by atoms with Gasteiger partial charge in [-0.2, -0.15) is 0 Å². The summed E-state index contributed by atoms with van der Waals surface area (Å²) >= 11 is 6.97. The molecule has 1 aliphatic heterocycles. The van der Waals surface area contributed by atoms with Crippen LogP contribution in [-0.4, -0.2) is 21.8 Å². The van der Waals surface area contributed by atoms with Crippen molar-refractivity contribution in [2.24, 2.45) is 10.9 Å². The lowest BCUT2D eigenvalue weighted by atomic mass is 9.99. The maximum absolute atomic E-state index is 11.8. The average molecular weight is 259 g/mol. The van der Waals surface area contributed by atoms with Gasteiger partial charge < -0.3 is 0 Å². The molecule has 0 aliphatic carbocycles. The van der Waals surface area contributed by atoms with E-state index in [0.29, 0.717) is 23.6 Å². The summed E-state index contributed by atoms with van der Waals surface area (Å²) < 4.78 is 0. The number of ketones is 1. The molecule has 0 spiro atoms. The van der Waals surface area contributed by atoms with Crippen LogP contribution in [0.5, 0.6) is 0 Å². The van der Waals surface area contributed by atoms with Gasteiger partial charge in [0.2, 0.25) is 0 Å². The van der Waals surface area contributed by atoms with Crippen molar-refractivity contribution >= 4 is 39.2 Å². The Balaban J connectivity index is 2.91.